The second-order valence-electron chi connectivity index (χ2n) is 8.28. The van der Waals surface area contributed by atoms with E-state index in [9.17, 15) is 9.59 Å². The number of nitrogens with zero attached hydrogens (tertiary/aromatic N) is 2. The molecule has 1 fully saturated rings. The molecule has 0 atom stereocenters. The molecule has 166 valence electrons. The minimum Gasteiger partial charge on any atom is -0.491 e. The summed E-state index contributed by atoms with van der Waals surface area (Å²) in [5.41, 5.74) is 2.09. The van der Waals surface area contributed by atoms with Crippen molar-refractivity contribution in [3.05, 3.63) is 53.1 Å². The van der Waals surface area contributed by atoms with Gasteiger partial charge < -0.3 is 19.9 Å². The van der Waals surface area contributed by atoms with Gasteiger partial charge in [0.25, 0.3) is 5.91 Å². The Morgan fingerprint density at radius 1 is 0.968 bits per heavy atom. The molecule has 2 aromatic rings. The highest BCUT2D eigenvalue weighted by atomic mass is 35.5. The topological polar surface area (TPSA) is 61.9 Å². The van der Waals surface area contributed by atoms with Gasteiger partial charge in [-0.3, -0.25) is 9.59 Å². The van der Waals surface area contributed by atoms with Crippen molar-refractivity contribution < 1.29 is 14.3 Å². The molecule has 2 amide bonds. The van der Waals surface area contributed by atoms with Gasteiger partial charge in [0.05, 0.1) is 16.8 Å². The standard InChI is InChI=1S/C24H30ClN3O3/c1-16(2)24(30)28-13-11-27(12-14-28)22-10-7-19(15-21(22)25)26-23(29)18-5-8-20(9-6-18)31-17(3)4/h5-10,15-17H,11-14H2,1-4H3,(H,26,29). The number of carbonyl (C=O) groups is 2. The molecule has 1 aliphatic rings. The molecule has 1 N–H and O–H groups in total. The van der Waals surface area contributed by atoms with Gasteiger partial charge >= 0.3 is 0 Å². The first-order chi connectivity index (χ1) is 14.7. The quantitative estimate of drug-likeness (QED) is 0.703. The number of hydrogen-bond donors (Lipinski definition) is 1. The smallest absolute Gasteiger partial charge is 0.255 e. The highest BCUT2D eigenvalue weighted by Crippen LogP contribution is 2.30. The molecule has 6 nitrogen and oxygen atoms in total. The summed E-state index contributed by atoms with van der Waals surface area (Å²) in [6, 6.07) is 12.6. The molecular weight excluding hydrogens is 414 g/mol. The van der Waals surface area contributed by atoms with Gasteiger partial charge in [-0.1, -0.05) is 25.4 Å². The molecule has 0 aromatic heterocycles. The lowest BCUT2D eigenvalue weighted by Gasteiger charge is -2.37. The molecular formula is C24H30ClN3O3. The average molecular weight is 444 g/mol. The van der Waals surface area contributed by atoms with Gasteiger partial charge in [0.15, 0.2) is 0 Å². The highest BCUT2D eigenvalue weighted by molar-refractivity contribution is 6.33. The van der Waals surface area contributed by atoms with Gasteiger partial charge in [-0.15, -0.1) is 0 Å². The second-order valence-corrected chi connectivity index (χ2v) is 8.69. The van der Waals surface area contributed by atoms with Crippen LogP contribution in [0.5, 0.6) is 5.75 Å². The fourth-order valence-corrected chi connectivity index (χ4v) is 3.83. The number of piperazine rings is 1. The van der Waals surface area contributed by atoms with E-state index in [1.54, 1.807) is 30.3 Å². The molecule has 0 bridgehead atoms. The molecule has 31 heavy (non-hydrogen) atoms. The zero-order valence-electron chi connectivity index (χ0n) is 18.5. The number of halogens is 1. The van der Waals surface area contributed by atoms with Crippen LogP contribution < -0.4 is 15.0 Å². The lowest BCUT2D eigenvalue weighted by molar-refractivity contribution is -0.134. The lowest BCUT2D eigenvalue weighted by Crippen LogP contribution is -2.50. The number of amides is 2. The summed E-state index contributed by atoms with van der Waals surface area (Å²) in [6.07, 6.45) is 0.0824. The van der Waals surface area contributed by atoms with Crippen LogP contribution in [0.3, 0.4) is 0 Å². The van der Waals surface area contributed by atoms with Gasteiger partial charge in [-0.05, 0) is 56.3 Å². The van der Waals surface area contributed by atoms with E-state index < -0.39 is 0 Å². The Bertz CT molecular complexity index is 920. The summed E-state index contributed by atoms with van der Waals surface area (Å²) in [5.74, 6) is 0.722. The van der Waals surface area contributed by atoms with Crippen molar-refractivity contribution in [1.29, 1.82) is 0 Å². The monoisotopic (exact) mass is 443 g/mol. The maximum atomic E-state index is 12.6. The first kappa shape index (κ1) is 22.9. The Morgan fingerprint density at radius 2 is 1.61 bits per heavy atom. The van der Waals surface area contributed by atoms with E-state index >= 15 is 0 Å². The first-order valence-electron chi connectivity index (χ1n) is 10.7. The van der Waals surface area contributed by atoms with Crippen LogP contribution in [0.15, 0.2) is 42.5 Å². The third kappa shape index (κ3) is 5.91. The molecule has 1 saturated heterocycles. The zero-order chi connectivity index (χ0) is 22.5. The average Bonchev–Trinajstić information content (AvgIpc) is 2.73. The van der Waals surface area contributed by atoms with E-state index in [0.717, 1.165) is 24.5 Å². The van der Waals surface area contributed by atoms with Crippen LogP contribution in [-0.4, -0.2) is 49.0 Å². The van der Waals surface area contributed by atoms with Gasteiger partial charge in [0.2, 0.25) is 5.91 Å². The van der Waals surface area contributed by atoms with E-state index in [0.29, 0.717) is 29.4 Å². The van der Waals surface area contributed by atoms with Crippen LogP contribution in [0.25, 0.3) is 0 Å². The largest absolute Gasteiger partial charge is 0.491 e. The second kappa shape index (κ2) is 10.1. The van der Waals surface area contributed by atoms with Crippen LogP contribution in [0.2, 0.25) is 5.02 Å². The van der Waals surface area contributed by atoms with Crippen LogP contribution in [0.4, 0.5) is 11.4 Å². The molecule has 0 radical (unpaired) electrons. The van der Waals surface area contributed by atoms with Crippen molar-refractivity contribution in [2.45, 2.75) is 33.8 Å². The summed E-state index contributed by atoms with van der Waals surface area (Å²) in [4.78, 5) is 28.8. The number of anilines is 2. The van der Waals surface area contributed by atoms with Crippen LogP contribution in [-0.2, 0) is 4.79 Å². The first-order valence-corrected chi connectivity index (χ1v) is 11.0. The van der Waals surface area contributed by atoms with Crippen LogP contribution in [0, 0.1) is 5.92 Å². The number of ether oxygens (including phenoxy) is 1. The van der Waals surface area contributed by atoms with E-state index in [2.05, 4.69) is 10.2 Å². The van der Waals surface area contributed by atoms with Crippen molar-refractivity contribution in [2.75, 3.05) is 36.4 Å². The minimum absolute atomic E-state index is 0.0111. The molecule has 3 rings (SSSR count). The van der Waals surface area contributed by atoms with Crippen molar-refractivity contribution >= 4 is 34.8 Å². The third-order valence-electron chi connectivity index (χ3n) is 5.12. The zero-order valence-corrected chi connectivity index (χ0v) is 19.3. The van der Waals surface area contributed by atoms with Crippen molar-refractivity contribution in [3.8, 4) is 5.75 Å². The highest BCUT2D eigenvalue weighted by Gasteiger charge is 2.24. The fourth-order valence-electron chi connectivity index (χ4n) is 3.53. The maximum Gasteiger partial charge on any atom is 0.255 e. The summed E-state index contributed by atoms with van der Waals surface area (Å²) in [7, 11) is 0. The molecule has 2 aromatic carbocycles. The Hall–Kier alpha value is -2.73. The molecule has 1 heterocycles. The Morgan fingerprint density at radius 3 is 2.16 bits per heavy atom. The number of nitrogens with one attached hydrogen (secondary N) is 1. The predicted molar refractivity (Wildman–Crippen MR) is 125 cm³/mol. The summed E-state index contributed by atoms with van der Waals surface area (Å²) in [6.45, 7) is 10.6. The van der Waals surface area contributed by atoms with Gasteiger partial charge in [0.1, 0.15) is 5.75 Å². The Labute approximate surface area is 189 Å². The van der Waals surface area contributed by atoms with E-state index in [-0.39, 0.29) is 23.8 Å². The van der Waals surface area contributed by atoms with Crippen molar-refractivity contribution in [3.63, 3.8) is 0 Å². The molecule has 1 aliphatic heterocycles. The minimum atomic E-state index is -0.208. The van der Waals surface area contributed by atoms with E-state index in [1.807, 2.05) is 44.7 Å². The maximum absolute atomic E-state index is 12.6. The fraction of sp³-hybridized carbons (Fsp3) is 0.417. The summed E-state index contributed by atoms with van der Waals surface area (Å²) >= 11 is 6.52. The van der Waals surface area contributed by atoms with Gasteiger partial charge in [0, 0.05) is 43.3 Å². The number of hydrogen-bond acceptors (Lipinski definition) is 4. The number of rotatable bonds is 6. The van der Waals surface area contributed by atoms with Crippen LogP contribution in [0.1, 0.15) is 38.1 Å². The SMILES string of the molecule is CC(C)Oc1ccc(C(=O)Nc2ccc(N3CCN(C(=O)C(C)C)CC3)c(Cl)c2)cc1. The van der Waals surface area contributed by atoms with E-state index in [1.165, 1.54) is 0 Å². The Balaban J connectivity index is 1.61. The molecule has 0 spiro atoms. The van der Waals surface area contributed by atoms with E-state index in [4.69, 9.17) is 16.3 Å². The van der Waals surface area contributed by atoms with Crippen LogP contribution >= 0.6 is 11.6 Å². The molecule has 0 saturated carbocycles. The predicted octanol–water partition coefficient (Wildman–Crippen LogP) is 4.68. The van der Waals surface area contributed by atoms with Crippen molar-refractivity contribution in [2.24, 2.45) is 5.92 Å². The summed E-state index contributed by atoms with van der Waals surface area (Å²) < 4.78 is 5.61. The van der Waals surface area contributed by atoms with Gasteiger partial charge in [-0.25, -0.2) is 0 Å². The molecule has 7 heteroatoms. The molecule has 0 aliphatic carbocycles. The number of benzene rings is 2. The third-order valence-corrected chi connectivity index (χ3v) is 5.42. The lowest BCUT2D eigenvalue weighted by atomic mass is 10.1. The normalized spacial score (nSPS) is 14.2. The van der Waals surface area contributed by atoms with Crippen molar-refractivity contribution in [1.82, 2.24) is 4.90 Å². The summed E-state index contributed by atoms with van der Waals surface area (Å²) in [5, 5.41) is 3.46. The molecule has 0 unspecified atom stereocenters. The number of carbonyl (C=O) groups excluding carboxylic acids is 2. The Kier molecular flexibility index (Phi) is 7.44. The van der Waals surface area contributed by atoms with Gasteiger partial charge in [-0.2, -0.15) is 0 Å².